The summed E-state index contributed by atoms with van der Waals surface area (Å²) in [7, 11) is 0. The van der Waals surface area contributed by atoms with Crippen LogP contribution < -0.4 is 10.1 Å². The van der Waals surface area contributed by atoms with Crippen molar-refractivity contribution in [3.8, 4) is 5.75 Å². The SMILES string of the molecule is CCN(Cc1ccc(OCc2ccccc2)cc1)C(=O)CNC(C)c1nnc2ccccn12. The van der Waals surface area contributed by atoms with Crippen molar-refractivity contribution in [1.82, 2.24) is 24.8 Å². The topological polar surface area (TPSA) is 71.8 Å². The van der Waals surface area contributed by atoms with E-state index in [-0.39, 0.29) is 18.5 Å². The number of likely N-dealkylation sites (N-methyl/N-ethyl adjacent to an activating group) is 1. The van der Waals surface area contributed by atoms with Crippen molar-refractivity contribution in [3.63, 3.8) is 0 Å². The van der Waals surface area contributed by atoms with Gasteiger partial charge < -0.3 is 9.64 Å². The highest BCUT2D eigenvalue weighted by Gasteiger charge is 2.17. The Morgan fingerprint density at radius 1 is 1.00 bits per heavy atom. The van der Waals surface area contributed by atoms with Crippen LogP contribution in [-0.2, 0) is 17.9 Å². The van der Waals surface area contributed by atoms with Crippen molar-refractivity contribution >= 4 is 11.6 Å². The highest BCUT2D eigenvalue weighted by Crippen LogP contribution is 2.16. The fourth-order valence-electron chi connectivity index (χ4n) is 3.63. The zero-order valence-corrected chi connectivity index (χ0v) is 19.0. The van der Waals surface area contributed by atoms with E-state index >= 15 is 0 Å². The van der Waals surface area contributed by atoms with Crippen molar-refractivity contribution in [2.24, 2.45) is 0 Å². The van der Waals surface area contributed by atoms with Crippen molar-refractivity contribution in [1.29, 1.82) is 0 Å². The second-order valence-electron chi connectivity index (χ2n) is 7.92. The lowest BCUT2D eigenvalue weighted by molar-refractivity contribution is -0.130. The quantitative estimate of drug-likeness (QED) is 0.401. The molecule has 7 nitrogen and oxygen atoms in total. The summed E-state index contributed by atoms with van der Waals surface area (Å²) < 4.78 is 7.78. The van der Waals surface area contributed by atoms with Gasteiger partial charge in [-0.05, 0) is 49.2 Å². The second kappa shape index (κ2) is 10.7. The lowest BCUT2D eigenvalue weighted by Gasteiger charge is -2.22. The van der Waals surface area contributed by atoms with E-state index in [9.17, 15) is 4.79 Å². The fourth-order valence-corrected chi connectivity index (χ4v) is 3.63. The van der Waals surface area contributed by atoms with Crippen LogP contribution in [0.1, 0.15) is 36.8 Å². The van der Waals surface area contributed by atoms with Crippen LogP contribution in [-0.4, -0.2) is 38.5 Å². The van der Waals surface area contributed by atoms with Gasteiger partial charge in [-0.2, -0.15) is 0 Å². The van der Waals surface area contributed by atoms with Gasteiger partial charge in [0.05, 0.1) is 12.6 Å². The van der Waals surface area contributed by atoms with Crippen LogP contribution in [0.5, 0.6) is 5.75 Å². The predicted octanol–water partition coefficient (Wildman–Crippen LogP) is 4.01. The van der Waals surface area contributed by atoms with Crippen LogP contribution in [0.25, 0.3) is 5.65 Å². The summed E-state index contributed by atoms with van der Waals surface area (Å²) in [5.41, 5.74) is 2.98. The average Bonchev–Trinajstić information content (AvgIpc) is 3.30. The van der Waals surface area contributed by atoms with Gasteiger partial charge in [0.15, 0.2) is 11.5 Å². The molecule has 4 aromatic rings. The number of hydrogen-bond acceptors (Lipinski definition) is 5. The molecule has 0 fully saturated rings. The Labute approximate surface area is 194 Å². The Kier molecular flexibility index (Phi) is 7.32. The van der Waals surface area contributed by atoms with Gasteiger partial charge in [-0.15, -0.1) is 10.2 Å². The molecule has 0 aliphatic carbocycles. The molecular formula is C26H29N5O2. The maximum absolute atomic E-state index is 12.8. The van der Waals surface area contributed by atoms with E-state index < -0.39 is 0 Å². The van der Waals surface area contributed by atoms with E-state index in [0.717, 1.165) is 28.3 Å². The molecule has 2 aromatic heterocycles. The van der Waals surface area contributed by atoms with Crippen LogP contribution >= 0.6 is 0 Å². The summed E-state index contributed by atoms with van der Waals surface area (Å²) in [6.45, 7) is 5.93. The number of pyridine rings is 1. The minimum absolute atomic E-state index is 0.0441. The van der Waals surface area contributed by atoms with Gasteiger partial charge in [0.2, 0.25) is 5.91 Å². The lowest BCUT2D eigenvalue weighted by Crippen LogP contribution is -2.38. The van der Waals surface area contributed by atoms with Crippen LogP contribution in [0.3, 0.4) is 0 Å². The molecule has 0 saturated heterocycles. The van der Waals surface area contributed by atoms with Gasteiger partial charge in [0.1, 0.15) is 12.4 Å². The summed E-state index contributed by atoms with van der Waals surface area (Å²) in [4.78, 5) is 14.7. The molecule has 0 aliphatic rings. The van der Waals surface area contributed by atoms with Gasteiger partial charge in [0.25, 0.3) is 0 Å². The maximum atomic E-state index is 12.8. The van der Waals surface area contributed by atoms with Gasteiger partial charge >= 0.3 is 0 Å². The summed E-state index contributed by atoms with van der Waals surface area (Å²) in [6, 6.07) is 23.7. The zero-order valence-electron chi connectivity index (χ0n) is 19.0. The number of hydrogen-bond donors (Lipinski definition) is 1. The maximum Gasteiger partial charge on any atom is 0.236 e. The highest BCUT2D eigenvalue weighted by molar-refractivity contribution is 5.78. The smallest absolute Gasteiger partial charge is 0.236 e. The molecule has 33 heavy (non-hydrogen) atoms. The van der Waals surface area contributed by atoms with Gasteiger partial charge in [-0.25, -0.2) is 0 Å². The Morgan fingerprint density at radius 2 is 1.76 bits per heavy atom. The fraction of sp³-hybridized carbons (Fsp3) is 0.269. The summed E-state index contributed by atoms with van der Waals surface area (Å²) >= 11 is 0. The van der Waals surface area contributed by atoms with Crippen LogP contribution in [0.2, 0.25) is 0 Å². The summed E-state index contributed by atoms with van der Waals surface area (Å²) in [5, 5.41) is 11.7. The number of fused-ring (bicyclic) bond motifs is 1. The van der Waals surface area contributed by atoms with Crippen molar-refractivity contribution in [2.75, 3.05) is 13.1 Å². The molecule has 2 heterocycles. The Bertz CT molecular complexity index is 1170. The molecule has 7 heteroatoms. The van der Waals surface area contributed by atoms with Crippen molar-refractivity contribution < 1.29 is 9.53 Å². The molecule has 170 valence electrons. The number of ether oxygens (including phenoxy) is 1. The molecule has 0 radical (unpaired) electrons. The van der Waals surface area contributed by atoms with Crippen LogP contribution in [0.4, 0.5) is 0 Å². The van der Waals surface area contributed by atoms with E-state index in [1.807, 2.05) is 102 Å². The molecule has 0 bridgehead atoms. The minimum Gasteiger partial charge on any atom is -0.489 e. The number of benzene rings is 2. The van der Waals surface area contributed by atoms with Crippen LogP contribution in [0.15, 0.2) is 79.0 Å². The van der Waals surface area contributed by atoms with Crippen LogP contribution in [0, 0.1) is 0 Å². The number of carbonyl (C=O) groups excluding carboxylic acids is 1. The Hall–Kier alpha value is -3.71. The normalized spacial score (nSPS) is 11.9. The number of nitrogens with one attached hydrogen (secondary N) is 1. The first-order valence-electron chi connectivity index (χ1n) is 11.2. The molecule has 0 saturated carbocycles. The van der Waals surface area contributed by atoms with E-state index in [1.54, 1.807) is 0 Å². The third-order valence-corrected chi connectivity index (χ3v) is 5.57. The number of amides is 1. The standard InChI is InChI=1S/C26H29N5O2/c1-3-30(18-21-12-14-23(15-13-21)33-19-22-9-5-4-6-10-22)25(32)17-27-20(2)26-29-28-24-11-7-8-16-31(24)26/h4-16,20,27H,3,17-19H2,1-2H3. The number of carbonyl (C=O) groups is 1. The van der Waals surface area contributed by atoms with Gasteiger partial charge in [0, 0.05) is 19.3 Å². The number of rotatable bonds is 10. The zero-order chi connectivity index (χ0) is 23.0. The van der Waals surface area contributed by atoms with Gasteiger partial charge in [-0.1, -0.05) is 48.5 Å². The molecule has 4 rings (SSSR count). The molecule has 1 N–H and O–H groups in total. The van der Waals surface area contributed by atoms with Crippen molar-refractivity contribution in [3.05, 3.63) is 95.9 Å². The Balaban J connectivity index is 1.29. The summed E-state index contributed by atoms with van der Waals surface area (Å²) in [5.74, 6) is 1.64. The third-order valence-electron chi connectivity index (χ3n) is 5.57. The third kappa shape index (κ3) is 5.75. The summed E-state index contributed by atoms with van der Waals surface area (Å²) in [6.07, 6.45) is 1.93. The second-order valence-corrected chi connectivity index (χ2v) is 7.92. The molecule has 2 aromatic carbocycles. The monoisotopic (exact) mass is 443 g/mol. The van der Waals surface area contributed by atoms with E-state index in [2.05, 4.69) is 15.5 Å². The minimum atomic E-state index is -0.105. The van der Waals surface area contributed by atoms with Gasteiger partial charge in [-0.3, -0.25) is 14.5 Å². The molecule has 0 spiro atoms. The largest absolute Gasteiger partial charge is 0.489 e. The number of nitrogens with zero attached hydrogens (tertiary/aromatic N) is 4. The van der Waals surface area contributed by atoms with E-state index in [1.165, 1.54) is 0 Å². The first-order valence-corrected chi connectivity index (χ1v) is 11.2. The molecule has 1 amide bonds. The molecule has 0 aliphatic heterocycles. The predicted molar refractivity (Wildman–Crippen MR) is 128 cm³/mol. The molecule has 1 unspecified atom stereocenters. The molecule has 1 atom stereocenters. The van der Waals surface area contributed by atoms with Crippen molar-refractivity contribution in [2.45, 2.75) is 33.0 Å². The lowest BCUT2D eigenvalue weighted by atomic mass is 10.2. The molecular weight excluding hydrogens is 414 g/mol. The number of aromatic nitrogens is 3. The first-order chi connectivity index (χ1) is 16.1. The van der Waals surface area contributed by atoms with E-state index in [4.69, 9.17) is 4.74 Å². The van der Waals surface area contributed by atoms with E-state index in [0.29, 0.717) is 19.7 Å². The Morgan fingerprint density at radius 3 is 2.52 bits per heavy atom. The average molecular weight is 444 g/mol. The highest BCUT2D eigenvalue weighted by atomic mass is 16.5. The first kappa shape index (κ1) is 22.5.